The van der Waals surface area contributed by atoms with Crippen LogP contribution in [0.25, 0.3) is 0 Å². The molecule has 228 valence electrons. The number of hydrogen-bond donors (Lipinski definition) is 1. The summed E-state index contributed by atoms with van der Waals surface area (Å²) in [5, 5.41) is 10.6. The van der Waals surface area contributed by atoms with Gasteiger partial charge in [0.25, 0.3) is 0 Å². The van der Waals surface area contributed by atoms with Crippen LogP contribution in [0.15, 0.2) is 82.6 Å². The molecule has 0 radical (unpaired) electrons. The number of likely N-dealkylation sites (N-methyl/N-ethyl adjacent to an activating group) is 2. The fraction of sp³-hybridized carbons (Fsp3) is 0.429. The molecule has 43 heavy (non-hydrogen) atoms. The molecule has 1 N–H and O–H groups in total. The SMILES string of the molecule is CC(CN1c2ccccc2Sc2ccccc21)N(C)C.COc1ccc2c3c1O[C@H]1[C@@H](O)C=C[C@H]4[C@@H](C2)N(C)CC[C@@]341.Cl. The van der Waals surface area contributed by atoms with Crippen LogP contribution in [0.4, 0.5) is 11.4 Å². The van der Waals surface area contributed by atoms with E-state index in [0.29, 0.717) is 18.0 Å². The van der Waals surface area contributed by atoms with E-state index in [1.807, 2.05) is 23.9 Å². The van der Waals surface area contributed by atoms with Crippen LogP contribution >= 0.6 is 24.2 Å². The maximum absolute atomic E-state index is 10.6. The predicted molar refractivity (Wildman–Crippen MR) is 177 cm³/mol. The number of likely N-dealkylation sites (tertiary alicyclic amines) is 1. The molecule has 1 spiro atoms. The normalized spacial score (nSPS) is 27.9. The highest BCUT2D eigenvalue weighted by Gasteiger charge is 2.64. The van der Waals surface area contributed by atoms with Gasteiger partial charge in [0.1, 0.15) is 12.2 Å². The molecule has 2 aliphatic carbocycles. The van der Waals surface area contributed by atoms with Crippen molar-refractivity contribution in [3.8, 4) is 11.5 Å². The Hall–Kier alpha value is -2.68. The van der Waals surface area contributed by atoms with Crippen molar-refractivity contribution in [3.63, 3.8) is 0 Å². The Bertz CT molecular complexity index is 1490. The van der Waals surface area contributed by atoms with Gasteiger partial charge in [-0.1, -0.05) is 54.2 Å². The minimum Gasteiger partial charge on any atom is -0.493 e. The minimum absolute atomic E-state index is 0. The Morgan fingerprint density at radius 1 is 1.05 bits per heavy atom. The van der Waals surface area contributed by atoms with Gasteiger partial charge in [-0.25, -0.2) is 0 Å². The highest BCUT2D eigenvalue weighted by Crippen LogP contribution is 2.62. The van der Waals surface area contributed by atoms with E-state index in [2.05, 4.69) is 103 Å². The molecule has 2 bridgehead atoms. The van der Waals surface area contributed by atoms with Gasteiger partial charge in [-0.3, -0.25) is 0 Å². The Labute approximate surface area is 266 Å². The smallest absolute Gasteiger partial charge is 0.165 e. The zero-order valence-corrected chi connectivity index (χ0v) is 27.2. The molecule has 0 saturated carbocycles. The van der Waals surface area contributed by atoms with Crippen LogP contribution in [0.2, 0.25) is 0 Å². The number of methoxy groups -OCH3 is 1. The molecule has 6 nitrogen and oxygen atoms in total. The van der Waals surface area contributed by atoms with Gasteiger partial charge in [0.2, 0.25) is 0 Å². The number of rotatable bonds is 4. The second-order valence-electron chi connectivity index (χ2n) is 12.6. The zero-order valence-electron chi connectivity index (χ0n) is 25.6. The lowest BCUT2D eigenvalue weighted by Gasteiger charge is -2.56. The van der Waals surface area contributed by atoms with Gasteiger partial charge in [0, 0.05) is 45.3 Å². The van der Waals surface area contributed by atoms with Crippen LogP contribution in [0.1, 0.15) is 24.5 Å². The summed E-state index contributed by atoms with van der Waals surface area (Å²) in [6, 6.07) is 22.6. The lowest BCUT2D eigenvalue weighted by molar-refractivity contribution is -0.0453. The van der Waals surface area contributed by atoms with Gasteiger partial charge in [-0.15, -0.1) is 12.4 Å². The maximum atomic E-state index is 10.6. The van der Waals surface area contributed by atoms with Gasteiger partial charge in [-0.2, -0.15) is 0 Å². The standard InChI is InChI=1S/C18H21NO3.C17H20N2S.ClH/c1-19-8-7-18-11-4-5-13(20)17(18)22-16-14(21-2)6-3-10(15(16)18)9-12(11)19;1-13(18(2)3)12-19-14-8-4-6-10-16(14)20-17-11-7-5-9-15(17)19;/h3-6,11-13,17,20H,7-9H2,1-2H3;4-11,13H,12H2,1-3H3;1H/t11-,12+,13-,17-,18-;;/m0../s1. The lowest BCUT2D eigenvalue weighted by Crippen LogP contribution is -2.64. The molecule has 0 amide bonds. The van der Waals surface area contributed by atoms with Gasteiger partial charge in [0.15, 0.2) is 11.5 Å². The first-order valence-electron chi connectivity index (χ1n) is 15.1. The molecule has 3 aliphatic heterocycles. The summed E-state index contributed by atoms with van der Waals surface area (Å²) in [6.07, 6.45) is 5.54. The van der Waals surface area contributed by atoms with Crippen molar-refractivity contribution < 1.29 is 14.6 Å². The van der Waals surface area contributed by atoms with Crippen LogP contribution in [0, 0.1) is 5.92 Å². The highest BCUT2D eigenvalue weighted by atomic mass is 35.5. The monoisotopic (exact) mass is 619 g/mol. The van der Waals surface area contributed by atoms with Gasteiger partial charge in [0.05, 0.1) is 18.5 Å². The van der Waals surface area contributed by atoms with Crippen molar-refractivity contribution in [1.82, 2.24) is 9.80 Å². The van der Waals surface area contributed by atoms with Crippen molar-refractivity contribution >= 4 is 35.5 Å². The van der Waals surface area contributed by atoms with E-state index in [9.17, 15) is 5.11 Å². The Morgan fingerprint density at radius 3 is 2.37 bits per heavy atom. The summed E-state index contributed by atoms with van der Waals surface area (Å²) in [7, 11) is 8.19. The number of halogens is 1. The van der Waals surface area contributed by atoms with Crippen molar-refractivity contribution in [2.24, 2.45) is 5.92 Å². The quantitative estimate of drug-likeness (QED) is 0.351. The van der Waals surface area contributed by atoms with Crippen molar-refractivity contribution in [2.45, 2.75) is 59.3 Å². The Morgan fingerprint density at radius 2 is 1.72 bits per heavy atom. The number of anilines is 2. The molecule has 3 aromatic carbocycles. The molecular formula is C35H42ClN3O3S. The Kier molecular flexibility index (Phi) is 8.24. The van der Waals surface area contributed by atoms with Gasteiger partial charge < -0.3 is 29.3 Å². The minimum atomic E-state index is -0.539. The topological polar surface area (TPSA) is 48.4 Å². The first-order valence-corrected chi connectivity index (χ1v) is 15.9. The van der Waals surface area contributed by atoms with Crippen LogP contribution in [0.3, 0.4) is 0 Å². The van der Waals surface area contributed by atoms with Crippen molar-refractivity contribution in [1.29, 1.82) is 0 Å². The summed E-state index contributed by atoms with van der Waals surface area (Å²) in [5.41, 5.74) is 5.25. The van der Waals surface area contributed by atoms with E-state index in [1.165, 1.54) is 32.3 Å². The summed E-state index contributed by atoms with van der Waals surface area (Å²) < 4.78 is 11.8. The Balaban J connectivity index is 0.000000150. The summed E-state index contributed by atoms with van der Waals surface area (Å²) >= 11 is 1.87. The number of nitrogens with zero attached hydrogens (tertiary/aromatic N) is 3. The lowest BCUT2D eigenvalue weighted by atomic mass is 9.53. The average molecular weight is 620 g/mol. The molecule has 3 aromatic rings. The van der Waals surface area contributed by atoms with Gasteiger partial charge >= 0.3 is 0 Å². The number of ether oxygens (including phenoxy) is 2. The van der Waals surface area contributed by atoms with Crippen LogP contribution in [0.5, 0.6) is 11.5 Å². The van der Waals surface area contributed by atoms with E-state index in [-0.39, 0.29) is 23.9 Å². The fourth-order valence-corrected chi connectivity index (χ4v) is 8.89. The van der Waals surface area contributed by atoms with E-state index >= 15 is 0 Å². The molecule has 0 aromatic heterocycles. The average Bonchev–Trinajstić information content (AvgIpc) is 3.36. The van der Waals surface area contributed by atoms with E-state index < -0.39 is 6.10 Å². The van der Waals surface area contributed by atoms with E-state index in [1.54, 1.807) is 7.11 Å². The predicted octanol–water partition coefficient (Wildman–Crippen LogP) is 6.16. The number of aliphatic hydroxyl groups excluding tert-OH is 1. The molecule has 8 heteroatoms. The van der Waals surface area contributed by atoms with Gasteiger partial charge in [-0.05, 0) is 83.3 Å². The molecule has 1 unspecified atom stereocenters. The van der Waals surface area contributed by atoms with Crippen LogP contribution < -0.4 is 14.4 Å². The first-order chi connectivity index (χ1) is 20.3. The number of hydrogen-bond acceptors (Lipinski definition) is 7. The molecule has 6 atom stereocenters. The molecule has 5 aliphatic rings. The van der Waals surface area contributed by atoms with Crippen LogP contribution in [-0.2, 0) is 11.8 Å². The van der Waals surface area contributed by atoms with Crippen molar-refractivity contribution in [2.75, 3.05) is 46.2 Å². The molecule has 1 fully saturated rings. The first kappa shape index (κ1) is 30.4. The zero-order chi connectivity index (χ0) is 29.2. The summed E-state index contributed by atoms with van der Waals surface area (Å²) in [4.78, 5) is 9.88. The second kappa shape index (κ2) is 11.7. The van der Waals surface area contributed by atoms with E-state index in [0.717, 1.165) is 37.4 Å². The number of aliphatic hydroxyl groups is 1. The van der Waals surface area contributed by atoms with Crippen molar-refractivity contribution in [3.05, 3.63) is 83.9 Å². The fourth-order valence-electron chi connectivity index (χ4n) is 7.79. The third-order valence-electron chi connectivity index (χ3n) is 10.2. The molecular weight excluding hydrogens is 578 g/mol. The largest absolute Gasteiger partial charge is 0.493 e. The second-order valence-corrected chi connectivity index (χ2v) is 13.7. The summed E-state index contributed by atoms with van der Waals surface area (Å²) in [5.74, 6) is 2.09. The summed E-state index contributed by atoms with van der Waals surface area (Å²) in [6.45, 7) is 4.33. The highest BCUT2D eigenvalue weighted by molar-refractivity contribution is 7.99. The number of fused-ring (bicyclic) bond motifs is 2. The number of piperidine rings is 1. The molecule has 1 saturated heterocycles. The molecule has 3 heterocycles. The van der Waals surface area contributed by atoms with Crippen LogP contribution in [-0.4, -0.2) is 80.5 Å². The third kappa shape index (κ3) is 4.75. The molecule has 8 rings (SSSR count). The number of benzene rings is 3. The number of para-hydroxylation sites is 2. The maximum Gasteiger partial charge on any atom is 0.165 e. The third-order valence-corrected chi connectivity index (χ3v) is 11.3. The van der Waals surface area contributed by atoms with E-state index in [4.69, 9.17) is 9.47 Å².